The summed E-state index contributed by atoms with van der Waals surface area (Å²) in [5, 5.41) is 3.40. The van der Waals surface area contributed by atoms with Gasteiger partial charge >= 0.3 is 5.97 Å². The molecule has 0 spiro atoms. The number of rotatable bonds is 9. The molecule has 0 aliphatic rings. The van der Waals surface area contributed by atoms with Gasteiger partial charge in [-0.15, -0.1) is 11.8 Å². The third-order valence-electron chi connectivity index (χ3n) is 3.67. The number of halogens is 1. The van der Waals surface area contributed by atoms with Gasteiger partial charge in [0, 0.05) is 16.3 Å². The summed E-state index contributed by atoms with van der Waals surface area (Å²) in [7, 11) is 0. The molecule has 0 unspecified atom stereocenters. The number of hydrogen-bond donors (Lipinski definition) is 1. The normalized spacial score (nSPS) is 10.3. The van der Waals surface area contributed by atoms with Gasteiger partial charge in [-0.2, -0.15) is 0 Å². The number of aryl methyl sites for hydroxylation is 1. The van der Waals surface area contributed by atoms with Gasteiger partial charge in [-0.05, 0) is 55.5 Å². The molecule has 144 valence electrons. The number of para-hydroxylation sites is 1. The number of ether oxygens (including phenoxy) is 2. The molecule has 0 heterocycles. The second kappa shape index (κ2) is 10.8. The molecule has 0 aliphatic heterocycles. The van der Waals surface area contributed by atoms with Crippen molar-refractivity contribution >= 4 is 40.9 Å². The molecule has 7 heteroatoms. The monoisotopic (exact) mass is 407 g/mol. The Morgan fingerprint density at radius 3 is 2.70 bits per heavy atom. The average molecular weight is 408 g/mol. The summed E-state index contributed by atoms with van der Waals surface area (Å²) in [6.45, 7) is 1.98. The minimum Gasteiger partial charge on any atom is -0.493 e. The van der Waals surface area contributed by atoms with Crippen molar-refractivity contribution in [3.8, 4) is 5.75 Å². The highest BCUT2D eigenvalue weighted by atomic mass is 35.5. The van der Waals surface area contributed by atoms with E-state index in [0.29, 0.717) is 23.7 Å². The Balaban J connectivity index is 1.66. The first-order valence-electron chi connectivity index (χ1n) is 8.47. The van der Waals surface area contributed by atoms with E-state index in [4.69, 9.17) is 21.1 Å². The third kappa shape index (κ3) is 7.15. The van der Waals surface area contributed by atoms with E-state index in [0.717, 1.165) is 16.2 Å². The van der Waals surface area contributed by atoms with Gasteiger partial charge in [-0.25, -0.2) is 0 Å². The molecule has 2 aromatic rings. The Hall–Kier alpha value is -2.18. The van der Waals surface area contributed by atoms with E-state index in [-0.39, 0.29) is 18.9 Å². The van der Waals surface area contributed by atoms with Crippen LogP contribution in [0.4, 0.5) is 5.69 Å². The van der Waals surface area contributed by atoms with E-state index >= 15 is 0 Å². The zero-order valence-electron chi connectivity index (χ0n) is 15.3. The summed E-state index contributed by atoms with van der Waals surface area (Å²) in [5.41, 5.74) is 1.64. The summed E-state index contributed by atoms with van der Waals surface area (Å²) in [4.78, 5) is 24.6. The van der Waals surface area contributed by atoms with Gasteiger partial charge in [0.25, 0.3) is 5.91 Å². The SMILES string of the molecule is CSc1ccccc1NC(=O)COC(=O)CCCOc1ccc(Cl)cc1C. The number of carbonyl (C=O) groups excluding carboxylic acids is 2. The Morgan fingerprint density at radius 2 is 1.96 bits per heavy atom. The molecule has 0 saturated heterocycles. The number of carbonyl (C=O) groups is 2. The molecule has 0 saturated carbocycles. The van der Waals surface area contributed by atoms with E-state index in [1.165, 1.54) is 11.8 Å². The molecule has 0 aromatic heterocycles. The average Bonchev–Trinajstić information content (AvgIpc) is 2.65. The largest absolute Gasteiger partial charge is 0.493 e. The smallest absolute Gasteiger partial charge is 0.306 e. The second-order valence-electron chi connectivity index (χ2n) is 5.77. The van der Waals surface area contributed by atoms with Crippen molar-refractivity contribution in [3.05, 3.63) is 53.1 Å². The first kappa shape index (κ1) is 21.1. The molecule has 1 N–H and O–H groups in total. The number of hydrogen-bond acceptors (Lipinski definition) is 5. The van der Waals surface area contributed by atoms with Crippen molar-refractivity contribution in [2.24, 2.45) is 0 Å². The quantitative estimate of drug-likeness (QED) is 0.370. The molecule has 2 rings (SSSR count). The van der Waals surface area contributed by atoms with Crippen LogP contribution in [0.15, 0.2) is 47.4 Å². The van der Waals surface area contributed by atoms with Gasteiger partial charge in [-0.1, -0.05) is 23.7 Å². The third-order valence-corrected chi connectivity index (χ3v) is 4.70. The molecule has 27 heavy (non-hydrogen) atoms. The summed E-state index contributed by atoms with van der Waals surface area (Å²) < 4.78 is 10.6. The number of nitrogens with one attached hydrogen (secondary N) is 1. The zero-order chi connectivity index (χ0) is 19.6. The summed E-state index contributed by atoms with van der Waals surface area (Å²) in [6.07, 6.45) is 2.61. The predicted octanol–water partition coefficient (Wildman–Crippen LogP) is 4.71. The number of anilines is 1. The number of esters is 1. The van der Waals surface area contributed by atoms with Crippen LogP contribution in [0.2, 0.25) is 5.02 Å². The number of thioether (sulfide) groups is 1. The molecule has 0 bridgehead atoms. The maximum absolute atomic E-state index is 11.9. The molecule has 0 fully saturated rings. The second-order valence-corrected chi connectivity index (χ2v) is 7.06. The van der Waals surface area contributed by atoms with E-state index in [1.54, 1.807) is 12.1 Å². The highest BCUT2D eigenvalue weighted by Crippen LogP contribution is 2.24. The number of benzene rings is 2. The van der Waals surface area contributed by atoms with Gasteiger partial charge in [0.2, 0.25) is 0 Å². The lowest BCUT2D eigenvalue weighted by molar-refractivity contribution is -0.147. The lowest BCUT2D eigenvalue weighted by atomic mass is 10.2. The molecule has 0 radical (unpaired) electrons. The van der Waals surface area contributed by atoms with Crippen molar-refractivity contribution in [3.63, 3.8) is 0 Å². The van der Waals surface area contributed by atoms with Crippen LogP contribution in [0.25, 0.3) is 0 Å². The Kier molecular flexibility index (Phi) is 8.48. The summed E-state index contributed by atoms with van der Waals surface area (Å²) in [6, 6.07) is 12.8. The van der Waals surface area contributed by atoms with Crippen LogP contribution in [0.5, 0.6) is 5.75 Å². The first-order valence-corrected chi connectivity index (χ1v) is 10.1. The van der Waals surface area contributed by atoms with Gasteiger partial charge in [-0.3, -0.25) is 9.59 Å². The maximum atomic E-state index is 11.9. The van der Waals surface area contributed by atoms with Crippen LogP contribution < -0.4 is 10.1 Å². The topological polar surface area (TPSA) is 64.6 Å². The van der Waals surface area contributed by atoms with Crippen molar-refractivity contribution in [1.29, 1.82) is 0 Å². The minimum absolute atomic E-state index is 0.182. The van der Waals surface area contributed by atoms with Crippen LogP contribution in [0.1, 0.15) is 18.4 Å². The van der Waals surface area contributed by atoms with Gasteiger partial charge in [0.1, 0.15) is 5.75 Å². The van der Waals surface area contributed by atoms with E-state index < -0.39 is 5.97 Å². The predicted molar refractivity (Wildman–Crippen MR) is 109 cm³/mol. The van der Waals surface area contributed by atoms with Crippen molar-refractivity contribution < 1.29 is 19.1 Å². The van der Waals surface area contributed by atoms with Crippen LogP contribution in [-0.2, 0) is 14.3 Å². The zero-order valence-corrected chi connectivity index (χ0v) is 16.9. The fourth-order valence-corrected chi connectivity index (χ4v) is 3.11. The lowest BCUT2D eigenvalue weighted by Gasteiger charge is -2.10. The Labute approximate surface area is 168 Å². The maximum Gasteiger partial charge on any atom is 0.306 e. The fraction of sp³-hybridized carbons (Fsp3) is 0.300. The van der Waals surface area contributed by atoms with E-state index in [9.17, 15) is 9.59 Å². The van der Waals surface area contributed by atoms with Crippen molar-refractivity contribution in [2.75, 3.05) is 24.8 Å². The van der Waals surface area contributed by atoms with Gasteiger partial charge < -0.3 is 14.8 Å². The van der Waals surface area contributed by atoms with Crippen LogP contribution in [0.3, 0.4) is 0 Å². The van der Waals surface area contributed by atoms with Gasteiger partial charge in [0.05, 0.1) is 12.3 Å². The molecule has 0 atom stereocenters. The molecular weight excluding hydrogens is 386 g/mol. The highest BCUT2D eigenvalue weighted by molar-refractivity contribution is 7.98. The lowest BCUT2D eigenvalue weighted by Crippen LogP contribution is -2.21. The van der Waals surface area contributed by atoms with Crippen molar-refractivity contribution in [2.45, 2.75) is 24.7 Å². The van der Waals surface area contributed by atoms with E-state index in [2.05, 4.69) is 5.32 Å². The number of amides is 1. The van der Waals surface area contributed by atoms with Crippen LogP contribution in [0, 0.1) is 6.92 Å². The molecule has 0 aliphatic carbocycles. The van der Waals surface area contributed by atoms with Crippen LogP contribution in [-0.4, -0.2) is 31.3 Å². The van der Waals surface area contributed by atoms with Gasteiger partial charge in [0.15, 0.2) is 6.61 Å². The molecular formula is C20H22ClNO4S. The molecule has 1 amide bonds. The summed E-state index contributed by atoms with van der Waals surface area (Å²) >= 11 is 7.43. The summed E-state index contributed by atoms with van der Waals surface area (Å²) in [5.74, 6) is -0.0581. The van der Waals surface area contributed by atoms with Crippen LogP contribution >= 0.6 is 23.4 Å². The Morgan fingerprint density at radius 1 is 1.19 bits per heavy atom. The standard InChI is InChI=1S/C20H22ClNO4S/c1-14-12-15(21)9-10-17(14)25-11-5-8-20(24)26-13-19(23)22-16-6-3-4-7-18(16)27-2/h3-4,6-7,9-10,12H,5,8,11,13H2,1-2H3,(H,22,23). The fourth-order valence-electron chi connectivity index (χ4n) is 2.33. The molecule has 2 aromatic carbocycles. The molecule has 5 nitrogen and oxygen atoms in total. The first-order chi connectivity index (χ1) is 13.0. The Bertz CT molecular complexity index is 797. The van der Waals surface area contributed by atoms with Crippen molar-refractivity contribution in [1.82, 2.24) is 0 Å². The van der Waals surface area contributed by atoms with E-state index in [1.807, 2.05) is 43.5 Å². The minimum atomic E-state index is -0.431. The highest BCUT2D eigenvalue weighted by Gasteiger charge is 2.10.